The van der Waals surface area contributed by atoms with Gasteiger partial charge in [-0.05, 0) is 0 Å². The van der Waals surface area contributed by atoms with Crippen molar-refractivity contribution in [2.45, 2.75) is 0 Å². The monoisotopic (exact) mass is 132 g/mol. The van der Waals surface area contributed by atoms with E-state index in [1.807, 2.05) is 13.3 Å². The number of halogens is 2. The molecule has 0 atom stereocenters. The molecule has 0 amide bonds. The van der Waals surface area contributed by atoms with Crippen molar-refractivity contribution in [1.82, 2.24) is 0 Å². The second-order valence-electron chi connectivity index (χ2n) is 1.33. The molecule has 0 aliphatic rings. The van der Waals surface area contributed by atoms with Gasteiger partial charge in [0.25, 0.3) is 0 Å². The summed E-state index contributed by atoms with van der Waals surface area (Å²) in [6.45, 7) is 3.71. The number of rotatable bonds is 0. The van der Waals surface area contributed by atoms with E-state index in [0.717, 1.165) is 0 Å². The van der Waals surface area contributed by atoms with E-state index in [1.165, 1.54) is 0 Å². The van der Waals surface area contributed by atoms with Crippen LogP contribution in [0.1, 0.15) is 0 Å². The predicted molar refractivity (Wildman–Crippen MR) is 31.9 cm³/mol. The van der Waals surface area contributed by atoms with Crippen molar-refractivity contribution in [1.29, 1.82) is 0 Å². The van der Waals surface area contributed by atoms with Gasteiger partial charge in [0.15, 0.2) is 0 Å². The van der Waals surface area contributed by atoms with E-state index in [-0.39, 0.29) is 0 Å². The molecular weight excluding hydrogens is 126 g/mol. The molecule has 3 heteroatoms. The molecule has 0 rings (SSSR count). The maximum atomic E-state index is 5.43. The predicted octanol–water partition coefficient (Wildman–Crippen LogP) is 2.30. The first kappa shape index (κ1) is 6.01. The fraction of sp³-hybridized carbons (Fsp3) is 1.00. The van der Waals surface area contributed by atoms with E-state index in [2.05, 4.69) is 0 Å². The fourth-order valence-corrected chi connectivity index (χ4v) is 0. The number of hydrogen-bond donors (Lipinski definition) is 0. The van der Waals surface area contributed by atoms with E-state index in [9.17, 15) is 0 Å². The molecule has 0 aliphatic carbocycles. The van der Waals surface area contributed by atoms with Crippen LogP contribution in [0.25, 0.3) is 0 Å². The van der Waals surface area contributed by atoms with E-state index in [1.54, 1.807) is 0 Å². The molecule has 0 aliphatic heterocycles. The molecule has 0 saturated carbocycles. The third kappa shape index (κ3) is 44.5. The first-order chi connectivity index (χ1) is 2.00. The fourth-order valence-electron chi connectivity index (χ4n) is 0. The van der Waals surface area contributed by atoms with Gasteiger partial charge in [-0.2, -0.15) is 0 Å². The molecule has 0 aromatic heterocycles. The second-order valence-corrected chi connectivity index (χ2v) is 10.2. The molecule has 0 spiro atoms. The van der Waals surface area contributed by atoms with Crippen LogP contribution in [-0.4, -0.2) is 13.3 Å². The average Bonchev–Trinajstić information content (AvgIpc) is 0.722. The first-order valence-corrected chi connectivity index (χ1v) is 6.40. The molecule has 34 valence electrons. The van der Waals surface area contributed by atoms with Crippen LogP contribution in [0, 0.1) is 0 Å². The summed E-state index contributed by atoms with van der Waals surface area (Å²) in [5, 5.41) is 0. The van der Waals surface area contributed by atoms with Crippen LogP contribution in [0.4, 0.5) is 0 Å². The Bertz CT molecular complexity index is 23.1. The minimum absolute atomic E-state index is 1.67. The Balaban J connectivity index is 3.02. The molecule has 0 fully saturated rings. The zero-order valence-corrected chi connectivity index (χ0v) is 5.77. The quantitative estimate of drug-likeness (QED) is 0.444. The summed E-state index contributed by atoms with van der Waals surface area (Å²) in [5.74, 6) is -1.67. The van der Waals surface area contributed by atoms with Crippen LogP contribution in [0.15, 0.2) is 0 Å². The molecule has 0 unspecified atom stereocenters. The minimum atomic E-state index is -1.67. The zero-order valence-electron chi connectivity index (χ0n) is 3.26. The van der Waals surface area contributed by atoms with Crippen molar-refractivity contribution in [3.8, 4) is 0 Å². The van der Waals surface area contributed by atoms with Crippen LogP contribution in [0.3, 0.4) is 0 Å². The van der Waals surface area contributed by atoms with Crippen molar-refractivity contribution in [3.63, 3.8) is 0 Å². The van der Waals surface area contributed by atoms with Gasteiger partial charge >= 0.3 is 41.8 Å². The van der Waals surface area contributed by atoms with Crippen molar-refractivity contribution in [2.24, 2.45) is 0 Å². The normalized spacial score (nSPS) is 15.2. The van der Waals surface area contributed by atoms with E-state index in [4.69, 9.17) is 22.5 Å². The van der Waals surface area contributed by atoms with E-state index in [0.29, 0.717) is 0 Å². The molecule has 5 heavy (non-hydrogen) atoms. The zero-order chi connectivity index (χ0) is 4.50. The first-order valence-electron chi connectivity index (χ1n) is 1.38. The Kier molecular flexibility index (Phi) is 1.97. The molecule has 0 N–H and O–H groups in total. The molecular formula is C2H7Cl2P. The third-order valence-corrected chi connectivity index (χ3v) is 0. The Labute approximate surface area is 42.4 Å². The molecule has 0 heterocycles. The van der Waals surface area contributed by atoms with Gasteiger partial charge in [-0.15, -0.1) is 0 Å². The third-order valence-electron chi connectivity index (χ3n) is 0. The summed E-state index contributed by atoms with van der Waals surface area (Å²) < 4.78 is 0. The van der Waals surface area contributed by atoms with Gasteiger partial charge in [-0.3, -0.25) is 0 Å². The van der Waals surface area contributed by atoms with Crippen LogP contribution in [0.2, 0.25) is 0 Å². The molecule has 0 aromatic rings. The Morgan fingerprint density at radius 3 is 1.20 bits per heavy atom. The average molecular weight is 133 g/mol. The van der Waals surface area contributed by atoms with Crippen molar-refractivity contribution >= 4 is 28.4 Å². The van der Waals surface area contributed by atoms with Crippen LogP contribution < -0.4 is 0 Å². The molecule has 0 aromatic carbocycles. The second kappa shape index (κ2) is 1.64. The summed E-state index contributed by atoms with van der Waals surface area (Å²) in [5.41, 5.74) is 0. The van der Waals surface area contributed by atoms with Gasteiger partial charge in [-0.1, -0.05) is 0 Å². The SMILES string of the molecule is C[PH](C)(Cl)Cl. The van der Waals surface area contributed by atoms with E-state index >= 15 is 0 Å². The molecule has 0 bridgehead atoms. The van der Waals surface area contributed by atoms with Gasteiger partial charge in [-0.25, -0.2) is 0 Å². The molecule has 0 nitrogen and oxygen atoms in total. The Morgan fingerprint density at radius 2 is 1.20 bits per heavy atom. The van der Waals surface area contributed by atoms with Crippen molar-refractivity contribution in [3.05, 3.63) is 0 Å². The number of hydrogen-bond acceptors (Lipinski definition) is 0. The van der Waals surface area contributed by atoms with Crippen LogP contribution in [0.5, 0.6) is 0 Å². The standard InChI is InChI=1S/C2H7Cl2P/c1-5(2,3)4/h5H,1-2H3. The summed E-state index contributed by atoms with van der Waals surface area (Å²) in [4.78, 5) is 0. The van der Waals surface area contributed by atoms with Gasteiger partial charge < -0.3 is 0 Å². The van der Waals surface area contributed by atoms with Crippen LogP contribution in [-0.2, 0) is 0 Å². The summed E-state index contributed by atoms with van der Waals surface area (Å²) in [6.07, 6.45) is 0. The maximum absolute atomic E-state index is 5.43. The van der Waals surface area contributed by atoms with Gasteiger partial charge in [0.2, 0.25) is 0 Å². The topological polar surface area (TPSA) is 0 Å². The summed E-state index contributed by atoms with van der Waals surface area (Å²) in [6, 6.07) is 0. The van der Waals surface area contributed by atoms with Gasteiger partial charge in [0.05, 0.1) is 0 Å². The Morgan fingerprint density at radius 1 is 1.20 bits per heavy atom. The molecule has 0 saturated heterocycles. The van der Waals surface area contributed by atoms with Crippen molar-refractivity contribution < 1.29 is 0 Å². The van der Waals surface area contributed by atoms with Crippen LogP contribution >= 0.6 is 28.4 Å². The van der Waals surface area contributed by atoms with Gasteiger partial charge in [0.1, 0.15) is 0 Å². The van der Waals surface area contributed by atoms with E-state index < -0.39 is 5.97 Å². The molecule has 0 radical (unpaired) electrons. The van der Waals surface area contributed by atoms with Gasteiger partial charge in [0, 0.05) is 0 Å². The summed E-state index contributed by atoms with van der Waals surface area (Å²) in [7, 11) is 0. The Hall–Kier alpha value is 1.01. The summed E-state index contributed by atoms with van der Waals surface area (Å²) >= 11 is 10.9. The van der Waals surface area contributed by atoms with Crippen molar-refractivity contribution in [2.75, 3.05) is 13.3 Å².